The SMILES string of the molecule is CCN1CC[C@@H](C)N(C(=O)Nc2cccnc2)c2nc(-c3cccc(OC(F)(F)F)c3)ccc21. The number of anilines is 3. The Morgan fingerprint density at radius 2 is 2.03 bits per heavy atom. The lowest BCUT2D eigenvalue weighted by molar-refractivity contribution is -0.274. The summed E-state index contributed by atoms with van der Waals surface area (Å²) in [7, 11) is 0. The molecule has 10 heteroatoms. The molecule has 2 aromatic heterocycles. The second-order valence-corrected chi connectivity index (χ2v) is 7.87. The molecule has 4 rings (SSSR count). The predicted molar refractivity (Wildman–Crippen MR) is 124 cm³/mol. The van der Waals surface area contributed by atoms with Gasteiger partial charge < -0.3 is 15.0 Å². The first-order chi connectivity index (χ1) is 16.2. The zero-order valence-corrected chi connectivity index (χ0v) is 18.7. The van der Waals surface area contributed by atoms with E-state index in [0.29, 0.717) is 29.3 Å². The minimum atomic E-state index is -4.79. The summed E-state index contributed by atoms with van der Waals surface area (Å²) < 4.78 is 42.1. The van der Waals surface area contributed by atoms with Gasteiger partial charge in [0.15, 0.2) is 5.82 Å². The minimum absolute atomic E-state index is 0.172. The number of urea groups is 1. The monoisotopic (exact) mass is 471 g/mol. The standard InChI is InChI=1S/C24H24F3N5O2/c1-3-31-13-11-16(2)32(23(33)29-18-7-5-12-28-15-18)22-21(31)10-9-20(30-22)17-6-4-8-19(14-17)34-24(25,26)27/h4-10,12,14-16H,3,11,13H2,1-2H3,(H,29,33)/t16-/m1/s1. The zero-order valence-electron chi connectivity index (χ0n) is 18.7. The quantitative estimate of drug-likeness (QED) is 0.529. The average molecular weight is 471 g/mol. The van der Waals surface area contributed by atoms with Crippen LogP contribution in [0.5, 0.6) is 5.75 Å². The van der Waals surface area contributed by atoms with E-state index in [1.54, 1.807) is 41.6 Å². The molecule has 1 aromatic carbocycles. The fraction of sp³-hybridized carbons (Fsp3) is 0.292. The molecule has 0 spiro atoms. The summed E-state index contributed by atoms with van der Waals surface area (Å²) in [6, 6.07) is 12.1. The highest BCUT2D eigenvalue weighted by molar-refractivity contribution is 6.03. The van der Waals surface area contributed by atoms with E-state index in [9.17, 15) is 18.0 Å². The van der Waals surface area contributed by atoms with Crippen LogP contribution < -0.4 is 19.9 Å². The minimum Gasteiger partial charge on any atom is -0.406 e. The van der Waals surface area contributed by atoms with Gasteiger partial charge in [0, 0.05) is 30.9 Å². The van der Waals surface area contributed by atoms with Gasteiger partial charge in [-0.05, 0) is 56.7 Å². The maximum absolute atomic E-state index is 13.3. The second kappa shape index (κ2) is 9.58. The maximum Gasteiger partial charge on any atom is 0.573 e. The summed E-state index contributed by atoms with van der Waals surface area (Å²) in [5.74, 6) is 0.101. The van der Waals surface area contributed by atoms with Crippen molar-refractivity contribution in [1.82, 2.24) is 9.97 Å². The number of alkyl halides is 3. The van der Waals surface area contributed by atoms with E-state index in [0.717, 1.165) is 18.7 Å². The molecule has 7 nitrogen and oxygen atoms in total. The van der Waals surface area contributed by atoms with E-state index < -0.39 is 6.36 Å². The molecular formula is C24H24F3N5O2. The molecule has 0 unspecified atom stereocenters. The number of rotatable bonds is 4. The van der Waals surface area contributed by atoms with Crippen molar-refractivity contribution in [3.05, 3.63) is 60.9 Å². The molecule has 1 N–H and O–H groups in total. The Labute approximate surface area is 195 Å². The number of carbonyl (C=O) groups excluding carboxylic acids is 1. The molecule has 0 saturated carbocycles. The van der Waals surface area contributed by atoms with Crippen molar-refractivity contribution in [2.75, 3.05) is 28.2 Å². The third-order valence-corrected chi connectivity index (χ3v) is 5.56. The van der Waals surface area contributed by atoms with Gasteiger partial charge in [0.1, 0.15) is 5.75 Å². The Morgan fingerprint density at radius 3 is 2.74 bits per heavy atom. The fourth-order valence-electron chi connectivity index (χ4n) is 3.92. The van der Waals surface area contributed by atoms with Crippen LogP contribution in [0.4, 0.5) is 35.2 Å². The summed E-state index contributed by atoms with van der Waals surface area (Å²) in [6.45, 7) is 5.41. The average Bonchev–Trinajstić information content (AvgIpc) is 2.94. The van der Waals surface area contributed by atoms with E-state index in [4.69, 9.17) is 4.98 Å². The molecule has 3 heterocycles. The topological polar surface area (TPSA) is 70.6 Å². The number of fused-ring (bicyclic) bond motifs is 1. The first kappa shape index (κ1) is 23.3. The molecule has 0 aliphatic carbocycles. The third-order valence-electron chi connectivity index (χ3n) is 5.56. The highest BCUT2D eigenvalue weighted by Crippen LogP contribution is 2.36. The van der Waals surface area contributed by atoms with Gasteiger partial charge in [-0.2, -0.15) is 0 Å². The molecule has 0 bridgehead atoms. The van der Waals surface area contributed by atoms with Crippen LogP contribution in [0.15, 0.2) is 60.9 Å². The Morgan fingerprint density at radius 1 is 1.21 bits per heavy atom. The lowest BCUT2D eigenvalue weighted by Gasteiger charge is -2.28. The normalized spacial score (nSPS) is 16.0. The van der Waals surface area contributed by atoms with E-state index in [1.807, 2.05) is 19.9 Å². The van der Waals surface area contributed by atoms with Gasteiger partial charge >= 0.3 is 12.4 Å². The van der Waals surface area contributed by atoms with Gasteiger partial charge in [-0.15, -0.1) is 13.2 Å². The smallest absolute Gasteiger partial charge is 0.406 e. The number of pyridine rings is 2. The Kier molecular flexibility index (Phi) is 6.58. The van der Waals surface area contributed by atoms with E-state index in [2.05, 4.69) is 19.9 Å². The number of ether oxygens (including phenoxy) is 1. The van der Waals surface area contributed by atoms with Gasteiger partial charge in [0.2, 0.25) is 0 Å². The molecule has 0 radical (unpaired) electrons. The van der Waals surface area contributed by atoms with Crippen LogP contribution >= 0.6 is 0 Å². The molecule has 1 aliphatic heterocycles. The number of aromatic nitrogens is 2. The van der Waals surface area contributed by atoms with Crippen molar-refractivity contribution in [1.29, 1.82) is 0 Å². The molecule has 2 amide bonds. The first-order valence-electron chi connectivity index (χ1n) is 10.9. The largest absolute Gasteiger partial charge is 0.573 e. The molecule has 3 aromatic rings. The summed E-state index contributed by atoms with van der Waals surface area (Å²) in [5, 5.41) is 2.86. The highest BCUT2D eigenvalue weighted by atomic mass is 19.4. The fourth-order valence-corrected chi connectivity index (χ4v) is 3.92. The van der Waals surface area contributed by atoms with Crippen LogP contribution in [0.1, 0.15) is 20.3 Å². The number of carbonyl (C=O) groups is 1. The van der Waals surface area contributed by atoms with Crippen molar-refractivity contribution in [3.8, 4) is 17.0 Å². The summed E-state index contributed by atoms with van der Waals surface area (Å²) in [6.07, 6.45) is -0.911. The number of nitrogens with zero attached hydrogens (tertiary/aromatic N) is 4. The van der Waals surface area contributed by atoms with Crippen molar-refractivity contribution in [3.63, 3.8) is 0 Å². The number of hydrogen-bond acceptors (Lipinski definition) is 5. The Hall–Kier alpha value is -3.82. The van der Waals surface area contributed by atoms with Gasteiger partial charge in [-0.1, -0.05) is 12.1 Å². The van der Waals surface area contributed by atoms with Gasteiger partial charge in [0.05, 0.1) is 23.3 Å². The van der Waals surface area contributed by atoms with Crippen LogP contribution in [0.3, 0.4) is 0 Å². The summed E-state index contributed by atoms with van der Waals surface area (Å²) >= 11 is 0. The van der Waals surface area contributed by atoms with Crippen LogP contribution in [0.25, 0.3) is 11.3 Å². The molecule has 1 aliphatic rings. The van der Waals surface area contributed by atoms with Crippen LogP contribution in [0, 0.1) is 0 Å². The van der Waals surface area contributed by atoms with Crippen molar-refractivity contribution in [2.45, 2.75) is 32.7 Å². The number of hydrogen-bond donors (Lipinski definition) is 1. The third kappa shape index (κ3) is 5.22. The molecule has 34 heavy (non-hydrogen) atoms. The van der Waals surface area contributed by atoms with E-state index in [-0.39, 0.29) is 17.8 Å². The molecule has 1 atom stereocenters. The molecule has 178 valence electrons. The highest BCUT2D eigenvalue weighted by Gasteiger charge is 2.32. The predicted octanol–water partition coefficient (Wildman–Crippen LogP) is 5.70. The number of halogens is 3. The number of nitrogens with one attached hydrogen (secondary N) is 1. The van der Waals surface area contributed by atoms with Crippen molar-refractivity contribution >= 4 is 23.2 Å². The van der Waals surface area contributed by atoms with Crippen molar-refractivity contribution in [2.24, 2.45) is 0 Å². The molecular weight excluding hydrogens is 447 g/mol. The lowest BCUT2D eigenvalue weighted by Crippen LogP contribution is -2.42. The first-order valence-corrected chi connectivity index (χ1v) is 10.9. The second-order valence-electron chi connectivity index (χ2n) is 7.87. The Balaban J connectivity index is 1.75. The van der Waals surface area contributed by atoms with Crippen LogP contribution in [0.2, 0.25) is 0 Å². The summed E-state index contributed by atoms with van der Waals surface area (Å²) in [5.41, 5.74) is 2.19. The zero-order chi connectivity index (χ0) is 24.3. The van der Waals surface area contributed by atoms with Crippen LogP contribution in [-0.2, 0) is 0 Å². The number of amides is 2. The molecule has 0 fully saturated rings. The maximum atomic E-state index is 13.3. The molecule has 0 saturated heterocycles. The van der Waals surface area contributed by atoms with Crippen LogP contribution in [-0.4, -0.2) is 41.5 Å². The lowest BCUT2D eigenvalue weighted by atomic mass is 10.1. The number of benzene rings is 1. The van der Waals surface area contributed by atoms with Gasteiger partial charge in [0.25, 0.3) is 0 Å². The van der Waals surface area contributed by atoms with Gasteiger partial charge in [-0.25, -0.2) is 9.78 Å². The van der Waals surface area contributed by atoms with Crippen molar-refractivity contribution < 1.29 is 22.7 Å². The van der Waals surface area contributed by atoms with Gasteiger partial charge in [-0.3, -0.25) is 9.88 Å². The Bertz CT molecular complexity index is 1160. The van der Waals surface area contributed by atoms with E-state index in [1.165, 1.54) is 18.2 Å². The summed E-state index contributed by atoms with van der Waals surface area (Å²) in [4.78, 5) is 25.8. The van der Waals surface area contributed by atoms with E-state index >= 15 is 0 Å².